The van der Waals surface area contributed by atoms with Gasteiger partial charge in [-0.05, 0) is 56.2 Å². The predicted octanol–water partition coefficient (Wildman–Crippen LogP) is 5.14. The van der Waals surface area contributed by atoms with Crippen molar-refractivity contribution < 1.29 is 4.79 Å². The quantitative estimate of drug-likeness (QED) is 0.198. The standard InChI is InChI=1S/C22H34Cl2N4O.HI/c1-4-16(5-2)21(29)28-13-10-19(11-14-28)27-22(25-3)26-12-6-7-17-8-9-18(23)15-20(17)24;/h8-9,15-16,19H,4-7,10-14H2,1-3H3,(H2,25,26,27);1H. The highest BCUT2D eigenvalue weighted by atomic mass is 127. The molecule has 30 heavy (non-hydrogen) atoms. The first-order valence-electron chi connectivity index (χ1n) is 10.7. The molecular formula is C22H35Cl2IN4O. The first-order chi connectivity index (χ1) is 14.0. The highest BCUT2D eigenvalue weighted by Crippen LogP contribution is 2.22. The second-order valence-electron chi connectivity index (χ2n) is 7.60. The molecule has 1 aromatic rings. The molecule has 1 aliphatic heterocycles. The maximum Gasteiger partial charge on any atom is 0.225 e. The van der Waals surface area contributed by atoms with E-state index in [1.54, 1.807) is 13.1 Å². The van der Waals surface area contributed by atoms with Gasteiger partial charge in [0.15, 0.2) is 5.96 Å². The van der Waals surface area contributed by atoms with E-state index >= 15 is 0 Å². The molecule has 1 saturated heterocycles. The molecule has 1 heterocycles. The molecule has 1 fully saturated rings. The van der Waals surface area contributed by atoms with Crippen LogP contribution in [-0.4, -0.2) is 49.5 Å². The van der Waals surface area contributed by atoms with Crippen LogP contribution in [0.25, 0.3) is 0 Å². The van der Waals surface area contributed by atoms with Gasteiger partial charge in [0, 0.05) is 48.7 Å². The number of halogens is 3. The number of nitrogens with one attached hydrogen (secondary N) is 2. The van der Waals surface area contributed by atoms with Gasteiger partial charge in [-0.1, -0.05) is 43.1 Å². The van der Waals surface area contributed by atoms with Gasteiger partial charge < -0.3 is 15.5 Å². The highest BCUT2D eigenvalue weighted by molar-refractivity contribution is 14.0. The second-order valence-corrected chi connectivity index (χ2v) is 8.44. The van der Waals surface area contributed by atoms with Crippen molar-refractivity contribution in [1.29, 1.82) is 0 Å². The molecule has 0 atom stereocenters. The number of nitrogens with zero attached hydrogens (tertiary/aromatic N) is 2. The van der Waals surface area contributed by atoms with Crippen molar-refractivity contribution in [3.05, 3.63) is 33.8 Å². The molecule has 2 N–H and O–H groups in total. The number of hydrogen-bond donors (Lipinski definition) is 2. The number of amides is 1. The van der Waals surface area contributed by atoms with E-state index < -0.39 is 0 Å². The van der Waals surface area contributed by atoms with Crippen LogP contribution in [0.5, 0.6) is 0 Å². The van der Waals surface area contributed by atoms with Gasteiger partial charge in [0.2, 0.25) is 5.91 Å². The largest absolute Gasteiger partial charge is 0.356 e. The van der Waals surface area contributed by atoms with E-state index in [0.29, 0.717) is 17.0 Å². The minimum absolute atomic E-state index is 0. The minimum Gasteiger partial charge on any atom is -0.356 e. The zero-order chi connectivity index (χ0) is 21.2. The summed E-state index contributed by atoms with van der Waals surface area (Å²) < 4.78 is 0. The number of rotatable bonds is 8. The maximum atomic E-state index is 12.5. The van der Waals surface area contributed by atoms with Gasteiger partial charge in [0.05, 0.1) is 0 Å². The lowest BCUT2D eigenvalue weighted by molar-refractivity contribution is -0.136. The zero-order valence-electron chi connectivity index (χ0n) is 18.2. The summed E-state index contributed by atoms with van der Waals surface area (Å²) in [6, 6.07) is 5.98. The molecule has 2 rings (SSSR count). The zero-order valence-corrected chi connectivity index (χ0v) is 22.1. The molecule has 8 heteroatoms. The van der Waals surface area contributed by atoms with Gasteiger partial charge in [0.1, 0.15) is 0 Å². The normalized spacial score (nSPS) is 15.1. The fourth-order valence-corrected chi connectivity index (χ4v) is 4.24. The summed E-state index contributed by atoms with van der Waals surface area (Å²) in [5, 5.41) is 8.25. The number of aryl methyl sites for hydroxylation is 1. The summed E-state index contributed by atoms with van der Waals surface area (Å²) >= 11 is 12.2. The average molecular weight is 569 g/mol. The van der Waals surface area contributed by atoms with Crippen LogP contribution in [0.15, 0.2) is 23.2 Å². The molecule has 170 valence electrons. The number of carbonyl (C=O) groups is 1. The summed E-state index contributed by atoms with van der Waals surface area (Å²) in [5.41, 5.74) is 1.11. The van der Waals surface area contributed by atoms with Gasteiger partial charge in [-0.15, -0.1) is 24.0 Å². The average Bonchev–Trinajstić information content (AvgIpc) is 2.72. The number of benzene rings is 1. The van der Waals surface area contributed by atoms with Crippen LogP contribution in [-0.2, 0) is 11.2 Å². The molecule has 0 bridgehead atoms. The van der Waals surface area contributed by atoms with Crippen LogP contribution < -0.4 is 10.6 Å². The monoisotopic (exact) mass is 568 g/mol. The molecule has 0 aromatic heterocycles. The summed E-state index contributed by atoms with van der Waals surface area (Å²) in [4.78, 5) is 18.9. The van der Waals surface area contributed by atoms with E-state index in [1.807, 2.05) is 17.0 Å². The summed E-state index contributed by atoms with van der Waals surface area (Å²) in [5.74, 6) is 1.30. The minimum atomic E-state index is 0. The Hall–Kier alpha value is -0.730. The van der Waals surface area contributed by atoms with Crippen molar-refractivity contribution in [1.82, 2.24) is 15.5 Å². The molecule has 0 radical (unpaired) electrons. The van der Waals surface area contributed by atoms with Crippen LogP contribution in [0.1, 0.15) is 51.5 Å². The Labute approximate surface area is 208 Å². The van der Waals surface area contributed by atoms with E-state index in [1.165, 1.54) is 0 Å². The molecule has 0 unspecified atom stereocenters. The lowest BCUT2D eigenvalue weighted by atomic mass is 9.98. The fraction of sp³-hybridized carbons (Fsp3) is 0.636. The van der Waals surface area contributed by atoms with Gasteiger partial charge >= 0.3 is 0 Å². The molecule has 0 aliphatic carbocycles. The third-order valence-corrected chi connectivity index (χ3v) is 6.22. The molecule has 1 amide bonds. The van der Waals surface area contributed by atoms with Crippen molar-refractivity contribution in [3.8, 4) is 0 Å². The number of carbonyl (C=O) groups excluding carboxylic acids is 1. The topological polar surface area (TPSA) is 56.7 Å². The van der Waals surface area contributed by atoms with Crippen molar-refractivity contribution in [2.24, 2.45) is 10.9 Å². The van der Waals surface area contributed by atoms with Crippen LogP contribution in [0, 0.1) is 5.92 Å². The Kier molecular flexibility index (Phi) is 13.1. The maximum absolute atomic E-state index is 12.5. The summed E-state index contributed by atoms with van der Waals surface area (Å²) in [6.07, 6.45) is 5.58. The molecule has 1 aromatic carbocycles. The molecule has 0 saturated carbocycles. The first kappa shape index (κ1) is 27.3. The SMILES string of the molecule is CCC(CC)C(=O)N1CCC(NC(=NC)NCCCc2ccc(Cl)cc2Cl)CC1.I. The smallest absolute Gasteiger partial charge is 0.225 e. The molecular weight excluding hydrogens is 534 g/mol. The number of likely N-dealkylation sites (tertiary alicyclic amines) is 1. The number of aliphatic imine (C=N–C) groups is 1. The Morgan fingerprint density at radius 3 is 2.47 bits per heavy atom. The first-order valence-corrected chi connectivity index (χ1v) is 11.4. The van der Waals surface area contributed by atoms with Gasteiger partial charge in [-0.2, -0.15) is 0 Å². The Bertz CT molecular complexity index is 690. The van der Waals surface area contributed by atoms with Gasteiger partial charge in [-0.3, -0.25) is 9.79 Å². The van der Waals surface area contributed by atoms with E-state index in [9.17, 15) is 4.79 Å². The summed E-state index contributed by atoms with van der Waals surface area (Å²) in [6.45, 7) is 6.64. The van der Waals surface area contributed by atoms with E-state index in [-0.39, 0.29) is 29.9 Å². The third-order valence-electron chi connectivity index (χ3n) is 5.64. The number of hydrogen-bond acceptors (Lipinski definition) is 2. The van der Waals surface area contributed by atoms with E-state index in [2.05, 4.69) is 29.5 Å². The predicted molar refractivity (Wildman–Crippen MR) is 138 cm³/mol. The third kappa shape index (κ3) is 8.42. The van der Waals surface area contributed by atoms with E-state index in [0.717, 1.165) is 74.7 Å². The van der Waals surface area contributed by atoms with Crippen LogP contribution in [0.3, 0.4) is 0 Å². The second kappa shape index (κ2) is 14.4. The van der Waals surface area contributed by atoms with Crippen molar-refractivity contribution in [3.63, 3.8) is 0 Å². The Morgan fingerprint density at radius 2 is 1.90 bits per heavy atom. The van der Waals surface area contributed by atoms with Crippen molar-refractivity contribution in [2.75, 3.05) is 26.7 Å². The van der Waals surface area contributed by atoms with Crippen molar-refractivity contribution >= 4 is 59.0 Å². The lowest BCUT2D eigenvalue weighted by Crippen LogP contribution is -2.50. The number of piperidine rings is 1. The fourth-order valence-electron chi connectivity index (χ4n) is 3.74. The molecule has 1 aliphatic rings. The lowest BCUT2D eigenvalue weighted by Gasteiger charge is -2.34. The number of guanidine groups is 1. The summed E-state index contributed by atoms with van der Waals surface area (Å²) in [7, 11) is 1.79. The van der Waals surface area contributed by atoms with Crippen LogP contribution >= 0.6 is 47.2 Å². The van der Waals surface area contributed by atoms with Gasteiger partial charge in [0.25, 0.3) is 0 Å². The Balaban J connectivity index is 0.00000450. The van der Waals surface area contributed by atoms with Gasteiger partial charge in [-0.25, -0.2) is 0 Å². The molecule has 0 spiro atoms. The van der Waals surface area contributed by atoms with Crippen molar-refractivity contribution in [2.45, 2.75) is 58.4 Å². The Morgan fingerprint density at radius 1 is 1.23 bits per heavy atom. The van der Waals surface area contributed by atoms with Crippen LogP contribution in [0.2, 0.25) is 10.0 Å². The van der Waals surface area contributed by atoms with E-state index in [4.69, 9.17) is 23.2 Å². The highest BCUT2D eigenvalue weighted by Gasteiger charge is 2.26. The van der Waals surface area contributed by atoms with Crippen LogP contribution in [0.4, 0.5) is 0 Å². The molecule has 5 nitrogen and oxygen atoms in total.